The number of thiophene rings is 1. The van der Waals surface area contributed by atoms with Crippen LogP contribution in [0.3, 0.4) is 0 Å². The van der Waals surface area contributed by atoms with E-state index in [1.807, 2.05) is 29.7 Å². The molecule has 7 nitrogen and oxygen atoms in total. The van der Waals surface area contributed by atoms with E-state index in [2.05, 4.69) is 18.2 Å². The van der Waals surface area contributed by atoms with E-state index in [0.29, 0.717) is 38.7 Å². The first-order valence-electron chi connectivity index (χ1n) is 10.7. The number of carbonyl (C=O) groups excluding carboxylic acids is 1. The topological polar surface area (TPSA) is 79.1 Å². The van der Waals surface area contributed by atoms with E-state index in [1.54, 1.807) is 29.7 Å². The van der Waals surface area contributed by atoms with Gasteiger partial charge in [-0.3, -0.25) is 9.36 Å². The predicted molar refractivity (Wildman–Crippen MR) is 138 cm³/mol. The van der Waals surface area contributed by atoms with Crippen molar-refractivity contribution >= 4 is 34.7 Å². The van der Waals surface area contributed by atoms with Gasteiger partial charge in [0.25, 0.3) is 5.56 Å². The number of methoxy groups -OCH3 is 1. The van der Waals surface area contributed by atoms with Crippen molar-refractivity contribution in [1.29, 1.82) is 0 Å². The Morgan fingerprint density at radius 1 is 1.20 bits per heavy atom. The Hall–Kier alpha value is -3.69. The number of thiazole rings is 1. The van der Waals surface area contributed by atoms with Crippen molar-refractivity contribution in [3.8, 4) is 11.5 Å². The van der Waals surface area contributed by atoms with E-state index < -0.39 is 12.0 Å². The summed E-state index contributed by atoms with van der Waals surface area (Å²) in [5.74, 6) is 0.436. The molecular formula is C26H24N2O5S2. The number of benzene rings is 1. The Labute approximate surface area is 210 Å². The van der Waals surface area contributed by atoms with Crippen LogP contribution in [0.5, 0.6) is 11.5 Å². The Bertz CT molecular complexity index is 1480. The molecule has 0 fully saturated rings. The van der Waals surface area contributed by atoms with Crippen LogP contribution < -0.4 is 24.4 Å². The van der Waals surface area contributed by atoms with Gasteiger partial charge in [-0.2, -0.15) is 0 Å². The Morgan fingerprint density at radius 3 is 2.69 bits per heavy atom. The van der Waals surface area contributed by atoms with Gasteiger partial charge in [-0.1, -0.05) is 48.8 Å². The van der Waals surface area contributed by atoms with E-state index in [4.69, 9.17) is 14.2 Å². The molecule has 9 heteroatoms. The van der Waals surface area contributed by atoms with Gasteiger partial charge in [0.15, 0.2) is 16.3 Å². The van der Waals surface area contributed by atoms with Gasteiger partial charge in [0.2, 0.25) is 0 Å². The molecule has 1 unspecified atom stereocenters. The highest BCUT2D eigenvalue weighted by molar-refractivity contribution is 7.11. The molecule has 1 atom stereocenters. The molecule has 1 aromatic carbocycles. The molecule has 0 radical (unpaired) electrons. The van der Waals surface area contributed by atoms with Crippen molar-refractivity contribution in [2.45, 2.75) is 13.0 Å². The SMILES string of the molecule is C=CCOC(=O)C1=C(C)N=c2sc(=Cc3cccs3)c(=O)n2C1c1ccc(OCC=C)c(OC)c1. The highest BCUT2D eigenvalue weighted by Crippen LogP contribution is 2.36. The standard InChI is InChI=1S/C26H24N2O5S2/c1-5-11-32-19-10-9-17(14-20(19)31-4)23-22(25(30)33-12-6-2)16(3)27-26-28(23)24(29)21(35-26)15-18-8-7-13-34-18/h5-10,13-15,23H,1-2,11-12H2,3-4H3. The minimum atomic E-state index is -0.753. The maximum Gasteiger partial charge on any atom is 0.338 e. The zero-order valence-corrected chi connectivity index (χ0v) is 21.0. The molecule has 2 aromatic heterocycles. The largest absolute Gasteiger partial charge is 0.493 e. The number of fused-ring (bicyclic) bond motifs is 1. The van der Waals surface area contributed by atoms with E-state index in [9.17, 15) is 9.59 Å². The number of nitrogens with zero attached hydrogens (tertiary/aromatic N) is 2. The molecule has 0 amide bonds. The van der Waals surface area contributed by atoms with Gasteiger partial charge in [0.1, 0.15) is 13.2 Å². The van der Waals surface area contributed by atoms with Crippen molar-refractivity contribution in [2.75, 3.05) is 20.3 Å². The van der Waals surface area contributed by atoms with Crippen LogP contribution in [0, 0.1) is 0 Å². The van der Waals surface area contributed by atoms with Crippen molar-refractivity contribution < 1.29 is 19.0 Å². The predicted octanol–water partition coefficient (Wildman–Crippen LogP) is 3.60. The van der Waals surface area contributed by atoms with Crippen molar-refractivity contribution in [1.82, 2.24) is 4.57 Å². The number of aromatic nitrogens is 1. The van der Waals surface area contributed by atoms with Crippen LogP contribution in [0.25, 0.3) is 6.08 Å². The summed E-state index contributed by atoms with van der Waals surface area (Å²) >= 11 is 2.82. The first-order valence-corrected chi connectivity index (χ1v) is 12.4. The molecule has 1 aliphatic heterocycles. The smallest absolute Gasteiger partial charge is 0.338 e. The number of carbonyl (C=O) groups is 1. The molecule has 0 spiro atoms. The summed E-state index contributed by atoms with van der Waals surface area (Å²) in [7, 11) is 1.53. The van der Waals surface area contributed by atoms with Crippen molar-refractivity contribution in [2.24, 2.45) is 4.99 Å². The fourth-order valence-electron chi connectivity index (χ4n) is 3.74. The van der Waals surface area contributed by atoms with Crippen LogP contribution in [0.1, 0.15) is 23.4 Å². The number of allylic oxidation sites excluding steroid dienone is 1. The highest BCUT2D eigenvalue weighted by Gasteiger charge is 2.34. The number of ether oxygens (including phenoxy) is 3. The number of hydrogen-bond donors (Lipinski definition) is 0. The quantitative estimate of drug-likeness (QED) is 0.326. The molecule has 4 rings (SSSR count). The van der Waals surface area contributed by atoms with Crippen molar-refractivity contribution in [3.63, 3.8) is 0 Å². The lowest BCUT2D eigenvalue weighted by Gasteiger charge is -2.25. The maximum atomic E-state index is 13.6. The second-order valence-electron chi connectivity index (χ2n) is 7.49. The van der Waals surface area contributed by atoms with Crippen LogP contribution in [0.15, 0.2) is 82.1 Å². The molecule has 3 heterocycles. The summed E-state index contributed by atoms with van der Waals surface area (Å²) in [6.45, 7) is 9.38. The summed E-state index contributed by atoms with van der Waals surface area (Å²) < 4.78 is 18.7. The van der Waals surface area contributed by atoms with Gasteiger partial charge in [-0.05, 0) is 42.1 Å². The average molecular weight is 509 g/mol. The fraction of sp³-hybridized carbons (Fsp3) is 0.192. The summed E-state index contributed by atoms with van der Waals surface area (Å²) in [5, 5.41) is 1.95. The van der Waals surface area contributed by atoms with E-state index in [1.165, 1.54) is 35.9 Å². The Balaban J connectivity index is 1.92. The zero-order valence-electron chi connectivity index (χ0n) is 19.4. The highest BCUT2D eigenvalue weighted by atomic mass is 32.1. The Morgan fingerprint density at radius 2 is 2.00 bits per heavy atom. The molecule has 3 aromatic rings. The maximum absolute atomic E-state index is 13.6. The molecule has 180 valence electrons. The third-order valence-electron chi connectivity index (χ3n) is 5.25. The molecule has 35 heavy (non-hydrogen) atoms. The molecular weight excluding hydrogens is 484 g/mol. The number of rotatable bonds is 9. The first kappa shape index (κ1) is 24.4. The normalized spacial score (nSPS) is 15.3. The molecule has 0 saturated heterocycles. The lowest BCUT2D eigenvalue weighted by Crippen LogP contribution is -2.40. The molecule has 0 N–H and O–H groups in total. The van der Waals surface area contributed by atoms with Gasteiger partial charge in [-0.25, -0.2) is 9.79 Å². The lowest BCUT2D eigenvalue weighted by molar-refractivity contribution is -0.138. The van der Waals surface area contributed by atoms with Gasteiger partial charge in [-0.15, -0.1) is 11.3 Å². The van der Waals surface area contributed by atoms with E-state index in [-0.39, 0.29) is 17.7 Å². The Kier molecular flexibility index (Phi) is 7.48. The van der Waals surface area contributed by atoms with Crippen LogP contribution >= 0.6 is 22.7 Å². The summed E-state index contributed by atoms with van der Waals surface area (Å²) in [4.78, 5) is 32.8. The first-order chi connectivity index (χ1) is 17.0. The monoisotopic (exact) mass is 508 g/mol. The van der Waals surface area contributed by atoms with Crippen LogP contribution in [0.4, 0.5) is 0 Å². The minimum absolute atomic E-state index is 0.0444. The molecule has 0 bridgehead atoms. The van der Waals surface area contributed by atoms with E-state index >= 15 is 0 Å². The summed E-state index contributed by atoms with van der Waals surface area (Å²) in [5.41, 5.74) is 1.19. The minimum Gasteiger partial charge on any atom is -0.493 e. The van der Waals surface area contributed by atoms with Crippen LogP contribution in [0.2, 0.25) is 0 Å². The van der Waals surface area contributed by atoms with Gasteiger partial charge in [0.05, 0.1) is 29.0 Å². The van der Waals surface area contributed by atoms with Crippen molar-refractivity contribution in [3.05, 3.63) is 102 Å². The van der Waals surface area contributed by atoms with Crippen LogP contribution in [-0.2, 0) is 9.53 Å². The number of esters is 1. The van der Waals surface area contributed by atoms with Gasteiger partial charge in [0, 0.05) is 4.88 Å². The third-order valence-corrected chi connectivity index (χ3v) is 7.05. The average Bonchev–Trinajstić information content (AvgIpc) is 3.48. The fourth-order valence-corrected chi connectivity index (χ4v) is 5.50. The summed E-state index contributed by atoms with van der Waals surface area (Å²) in [6.07, 6.45) is 4.97. The second-order valence-corrected chi connectivity index (χ2v) is 9.48. The number of hydrogen-bond acceptors (Lipinski definition) is 8. The third kappa shape index (κ3) is 4.91. The van der Waals surface area contributed by atoms with E-state index in [0.717, 1.165) is 4.88 Å². The molecule has 0 aliphatic carbocycles. The lowest BCUT2D eigenvalue weighted by atomic mass is 9.95. The van der Waals surface area contributed by atoms with Crippen LogP contribution in [-0.4, -0.2) is 30.9 Å². The molecule has 0 saturated carbocycles. The zero-order chi connectivity index (χ0) is 24.9. The summed E-state index contributed by atoms with van der Waals surface area (Å²) in [6, 6.07) is 8.44. The van der Waals surface area contributed by atoms with Gasteiger partial charge < -0.3 is 14.2 Å². The molecule has 1 aliphatic rings. The van der Waals surface area contributed by atoms with Gasteiger partial charge >= 0.3 is 5.97 Å². The second kappa shape index (κ2) is 10.7.